The number of nitrogens with one attached hydrogen (secondary N) is 2. The second kappa shape index (κ2) is 11.2. The molecule has 0 saturated carbocycles. The number of nitrogens with zero attached hydrogens (tertiary/aromatic N) is 1. The molecule has 36 heavy (non-hydrogen) atoms. The molecule has 0 bridgehead atoms. The molecule has 0 aliphatic carbocycles. The number of hydrogen-bond acceptors (Lipinski definition) is 5. The smallest absolute Gasteiger partial charge is 0.263 e. The molecule has 3 aromatic rings. The first kappa shape index (κ1) is 26.7. The number of pyridine rings is 1. The van der Waals surface area contributed by atoms with E-state index in [-0.39, 0.29) is 35.9 Å². The number of carbonyl (C=O) groups is 2. The highest BCUT2D eigenvalue weighted by atomic mass is 16.5. The Morgan fingerprint density at radius 2 is 1.00 bits per heavy atom. The van der Waals surface area contributed by atoms with Crippen molar-refractivity contribution < 1.29 is 19.1 Å². The minimum Gasteiger partial charge on any atom is -0.484 e. The second-order valence-corrected chi connectivity index (χ2v) is 10.6. The van der Waals surface area contributed by atoms with Crippen molar-refractivity contribution in [3.8, 4) is 11.5 Å². The zero-order chi connectivity index (χ0) is 26.3. The lowest BCUT2D eigenvalue weighted by Gasteiger charge is -2.19. The van der Waals surface area contributed by atoms with E-state index in [9.17, 15) is 9.59 Å². The van der Waals surface area contributed by atoms with E-state index in [1.54, 1.807) is 18.2 Å². The molecule has 2 N–H and O–H groups in total. The molecule has 1 heterocycles. The van der Waals surface area contributed by atoms with E-state index in [0.717, 1.165) is 0 Å². The molecule has 2 aromatic carbocycles. The largest absolute Gasteiger partial charge is 0.484 e. The van der Waals surface area contributed by atoms with Crippen molar-refractivity contribution in [2.75, 3.05) is 23.8 Å². The molecule has 3 rings (SSSR count). The van der Waals surface area contributed by atoms with Crippen LogP contribution in [0.1, 0.15) is 52.7 Å². The highest BCUT2D eigenvalue weighted by Crippen LogP contribution is 2.25. The maximum Gasteiger partial charge on any atom is 0.263 e. The van der Waals surface area contributed by atoms with Gasteiger partial charge in [0.25, 0.3) is 11.8 Å². The van der Waals surface area contributed by atoms with Crippen LogP contribution in [0.5, 0.6) is 11.5 Å². The van der Waals surface area contributed by atoms with Crippen LogP contribution in [0.15, 0.2) is 66.7 Å². The number of ether oxygens (including phenoxy) is 2. The van der Waals surface area contributed by atoms with E-state index in [1.165, 1.54) is 11.1 Å². The summed E-state index contributed by atoms with van der Waals surface area (Å²) in [5, 5.41) is 5.36. The van der Waals surface area contributed by atoms with Crippen molar-refractivity contribution in [2.24, 2.45) is 0 Å². The molecule has 0 spiro atoms. The van der Waals surface area contributed by atoms with Crippen molar-refractivity contribution in [2.45, 2.75) is 52.4 Å². The normalized spacial score (nSPS) is 11.5. The highest BCUT2D eigenvalue weighted by molar-refractivity contribution is 5.93. The summed E-state index contributed by atoms with van der Waals surface area (Å²) >= 11 is 0. The lowest BCUT2D eigenvalue weighted by Crippen LogP contribution is -2.23. The summed E-state index contributed by atoms with van der Waals surface area (Å²) in [6.45, 7) is 12.5. The highest BCUT2D eigenvalue weighted by Gasteiger charge is 2.14. The zero-order valence-corrected chi connectivity index (χ0v) is 21.8. The number of amides is 2. The van der Waals surface area contributed by atoms with E-state index in [2.05, 4.69) is 57.2 Å². The number of carbonyl (C=O) groups excluding carboxylic acids is 2. The van der Waals surface area contributed by atoms with Crippen LogP contribution < -0.4 is 20.1 Å². The lowest BCUT2D eigenvalue weighted by atomic mass is 9.87. The van der Waals surface area contributed by atoms with Gasteiger partial charge in [-0.25, -0.2) is 4.98 Å². The summed E-state index contributed by atoms with van der Waals surface area (Å²) in [5.74, 6) is 1.13. The van der Waals surface area contributed by atoms with E-state index in [0.29, 0.717) is 23.1 Å². The third kappa shape index (κ3) is 8.12. The van der Waals surface area contributed by atoms with Gasteiger partial charge in [-0.3, -0.25) is 9.59 Å². The summed E-state index contributed by atoms with van der Waals surface area (Å²) < 4.78 is 11.2. The van der Waals surface area contributed by atoms with E-state index in [4.69, 9.17) is 9.47 Å². The van der Waals surface area contributed by atoms with E-state index < -0.39 is 0 Å². The Bertz CT molecular complexity index is 1080. The van der Waals surface area contributed by atoms with Crippen LogP contribution in [0.4, 0.5) is 11.6 Å². The predicted molar refractivity (Wildman–Crippen MR) is 143 cm³/mol. The number of aromatic nitrogens is 1. The minimum absolute atomic E-state index is 0.0475. The molecule has 0 aliphatic heterocycles. The fourth-order valence-electron chi connectivity index (χ4n) is 3.33. The molecule has 190 valence electrons. The molecule has 0 unspecified atom stereocenters. The number of rotatable bonds is 8. The molecule has 0 atom stereocenters. The van der Waals surface area contributed by atoms with Gasteiger partial charge in [0.2, 0.25) is 0 Å². The quantitative estimate of drug-likeness (QED) is 0.423. The van der Waals surface area contributed by atoms with Gasteiger partial charge in [0.05, 0.1) is 0 Å². The van der Waals surface area contributed by atoms with Crippen molar-refractivity contribution in [1.29, 1.82) is 0 Å². The van der Waals surface area contributed by atoms with Crippen molar-refractivity contribution >= 4 is 23.5 Å². The average Bonchev–Trinajstić information content (AvgIpc) is 2.81. The van der Waals surface area contributed by atoms with Crippen LogP contribution in [-0.2, 0) is 20.4 Å². The molecule has 7 nitrogen and oxygen atoms in total. The Kier molecular flexibility index (Phi) is 8.35. The standard InChI is InChI=1S/C29H35N3O4/c1-28(2,3)20-10-14-22(15-11-20)35-18-26(33)31-24-8-7-9-25(30-24)32-27(34)19-36-23-16-12-21(13-17-23)29(4,5)6/h7-17H,18-19H2,1-6H3,(H2,30,31,32,33,34). The van der Waals surface area contributed by atoms with Gasteiger partial charge in [-0.05, 0) is 58.4 Å². The molecule has 1 aromatic heterocycles. The van der Waals surface area contributed by atoms with Crippen molar-refractivity contribution in [3.63, 3.8) is 0 Å². The summed E-state index contributed by atoms with van der Waals surface area (Å²) in [6, 6.07) is 20.3. The maximum atomic E-state index is 12.3. The van der Waals surface area contributed by atoms with Crippen LogP contribution in [0.3, 0.4) is 0 Å². The Labute approximate surface area is 213 Å². The van der Waals surface area contributed by atoms with Gasteiger partial charge >= 0.3 is 0 Å². The van der Waals surface area contributed by atoms with Crippen LogP contribution in [-0.4, -0.2) is 30.0 Å². The zero-order valence-electron chi connectivity index (χ0n) is 21.8. The Balaban J connectivity index is 1.46. The van der Waals surface area contributed by atoms with Crippen LogP contribution in [0.25, 0.3) is 0 Å². The SMILES string of the molecule is CC(C)(C)c1ccc(OCC(=O)Nc2cccc(NC(=O)COc3ccc(C(C)(C)C)cc3)n2)cc1. The topological polar surface area (TPSA) is 89.6 Å². The van der Waals surface area contributed by atoms with Gasteiger partial charge in [0.1, 0.15) is 23.1 Å². The van der Waals surface area contributed by atoms with E-state index in [1.807, 2.05) is 48.5 Å². The van der Waals surface area contributed by atoms with Crippen molar-refractivity contribution in [1.82, 2.24) is 4.98 Å². The fourth-order valence-corrected chi connectivity index (χ4v) is 3.33. The monoisotopic (exact) mass is 489 g/mol. The van der Waals surface area contributed by atoms with Gasteiger partial charge in [-0.15, -0.1) is 0 Å². The summed E-state index contributed by atoms with van der Waals surface area (Å²) in [5.41, 5.74) is 2.47. The van der Waals surface area contributed by atoms with Gasteiger partial charge in [0, 0.05) is 0 Å². The summed E-state index contributed by atoms with van der Waals surface area (Å²) in [4.78, 5) is 28.9. The molecule has 0 radical (unpaired) electrons. The fraction of sp³-hybridized carbons (Fsp3) is 0.345. The molecule has 0 aliphatic rings. The molecular formula is C29H35N3O4. The lowest BCUT2D eigenvalue weighted by molar-refractivity contribution is -0.118. The third-order valence-electron chi connectivity index (χ3n) is 5.46. The summed E-state index contributed by atoms with van der Waals surface area (Å²) in [7, 11) is 0. The van der Waals surface area contributed by atoms with Crippen LogP contribution >= 0.6 is 0 Å². The Morgan fingerprint density at radius 3 is 1.33 bits per heavy atom. The van der Waals surface area contributed by atoms with E-state index >= 15 is 0 Å². The number of anilines is 2. The first-order valence-corrected chi connectivity index (χ1v) is 11.9. The second-order valence-electron chi connectivity index (χ2n) is 10.6. The minimum atomic E-state index is -0.354. The van der Waals surface area contributed by atoms with Gasteiger partial charge in [-0.1, -0.05) is 71.9 Å². The number of hydrogen-bond donors (Lipinski definition) is 2. The van der Waals surface area contributed by atoms with Gasteiger partial charge < -0.3 is 20.1 Å². The molecule has 0 fully saturated rings. The molecular weight excluding hydrogens is 454 g/mol. The Morgan fingerprint density at radius 1 is 0.639 bits per heavy atom. The van der Waals surface area contributed by atoms with Crippen LogP contribution in [0.2, 0.25) is 0 Å². The molecule has 2 amide bonds. The summed E-state index contributed by atoms with van der Waals surface area (Å²) in [6.07, 6.45) is 0. The molecule has 0 saturated heterocycles. The van der Waals surface area contributed by atoms with Gasteiger partial charge in [-0.2, -0.15) is 0 Å². The first-order chi connectivity index (χ1) is 16.9. The predicted octanol–water partition coefficient (Wildman–Crippen LogP) is 5.71. The molecule has 7 heteroatoms. The number of benzene rings is 2. The Hall–Kier alpha value is -3.87. The maximum absolute atomic E-state index is 12.3. The van der Waals surface area contributed by atoms with Crippen LogP contribution in [0, 0.1) is 0 Å². The third-order valence-corrected chi connectivity index (χ3v) is 5.46. The first-order valence-electron chi connectivity index (χ1n) is 11.9. The average molecular weight is 490 g/mol. The van der Waals surface area contributed by atoms with Crippen molar-refractivity contribution in [3.05, 3.63) is 77.9 Å². The van der Waals surface area contributed by atoms with Gasteiger partial charge in [0.15, 0.2) is 13.2 Å².